The van der Waals surface area contributed by atoms with Crippen LogP contribution in [0.4, 0.5) is 0 Å². The highest BCUT2D eigenvalue weighted by Gasteiger charge is 2.11. The first-order valence-electron chi connectivity index (χ1n) is 9.22. The number of carbonyl (C=O) groups is 1. The fourth-order valence-electron chi connectivity index (χ4n) is 2.80. The Balaban J connectivity index is 1.47. The minimum atomic E-state index is -0.00534. The third kappa shape index (κ3) is 4.99. The van der Waals surface area contributed by atoms with Gasteiger partial charge in [-0.2, -0.15) is 0 Å². The van der Waals surface area contributed by atoms with Crippen molar-refractivity contribution < 1.29 is 14.3 Å². The summed E-state index contributed by atoms with van der Waals surface area (Å²) < 4.78 is 11.1. The highest BCUT2D eigenvalue weighted by Crippen LogP contribution is 2.30. The Morgan fingerprint density at radius 1 is 0.962 bits per heavy atom. The van der Waals surface area contributed by atoms with Gasteiger partial charge in [0.05, 0.1) is 0 Å². The molecule has 26 heavy (non-hydrogen) atoms. The Hall–Kier alpha value is -2.53. The number of carbonyl (C=O) groups excluding carboxylic acids is 1. The SMILES string of the molecule is CCCCNC(=O)c1ccc(CNCc2ccc3c(c2)OCCO3)cc1. The van der Waals surface area contributed by atoms with Crippen LogP contribution in [-0.4, -0.2) is 25.7 Å². The van der Waals surface area contributed by atoms with Crippen LogP contribution in [0.2, 0.25) is 0 Å². The number of hydrogen-bond donors (Lipinski definition) is 2. The second-order valence-electron chi connectivity index (χ2n) is 6.39. The summed E-state index contributed by atoms with van der Waals surface area (Å²) in [4.78, 5) is 12.0. The van der Waals surface area contributed by atoms with Gasteiger partial charge in [-0.3, -0.25) is 4.79 Å². The molecule has 1 aliphatic heterocycles. The average molecular weight is 354 g/mol. The van der Waals surface area contributed by atoms with Crippen LogP contribution < -0.4 is 20.1 Å². The summed E-state index contributed by atoms with van der Waals surface area (Å²) in [5, 5.41) is 6.35. The van der Waals surface area contributed by atoms with Gasteiger partial charge in [-0.25, -0.2) is 0 Å². The molecule has 0 saturated heterocycles. The van der Waals surface area contributed by atoms with Crippen molar-refractivity contribution in [2.24, 2.45) is 0 Å². The van der Waals surface area contributed by atoms with Crippen molar-refractivity contribution >= 4 is 5.91 Å². The number of rotatable bonds is 8. The maximum atomic E-state index is 12.0. The predicted molar refractivity (Wildman–Crippen MR) is 102 cm³/mol. The van der Waals surface area contributed by atoms with Gasteiger partial charge in [0.15, 0.2) is 11.5 Å². The number of unbranched alkanes of at least 4 members (excludes halogenated alkanes) is 1. The van der Waals surface area contributed by atoms with Crippen molar-refractivity contribution in [1.82, 2.24) is 10.6 Å². The van der Waals surface area contributed by atoms with Crippen molar-refractivity contribution in [3.8, 4) is 11.5 Å². The number of hydrogen-bond acceptors (Lipinski definition) is 4. The Bertz CT molecular complexity index is 729. The quantitative estimate of drug-likeness (QED) is 0.714. The fourth-order valence-corrected chi connectivity index (χ4v) is 2.80. The summed E-state index contributed by atoms with van der Waals surface area (Å²) in [5.74, 6) is 1.62. The second kappa shape index (κ2) is 9.25. The molecule has 1 aliphatic rings. The molecule has 3 rings (SSSR count). The summed E-state index contributed by atoms with van der Waals surface area (Å²) in [6.07, 6.45) is 2.09. The summed E-state index contributed by atoms with van der Waals surface area (Å²) in [5.41, 5.74) is 3.01. The number of amides is 1. The van der Waals surface area contributed by atoms with Crippen LogP contribution in [0, 0.1) is 0 Å². The zero-order chi connectivity index (χ0) is 18.2. The molecule has 1 amide bonds. The van der Waals surface area contributed by atoms with E-state index < -0.39 is 0 Å². The van der Waals surface area contributed by atoms with Gasteiger partial charge in [0.2, 0.25) is 0 Å². The standard InChI is InChI=1S/C21H26N2O3/c1-2-3-10-23-21(24)18-7-4-16(5-8-18)14-22-15-17-6-9-19-20(13-17)26-12-11-25-19/h4-9,13,22H,2-3,10-12,14-15H2,1H3,(H,23,24). The van der Waals surface area contributed by atoms with Crippen LogP contribution in [0.5, 0.6) is 11.5 Å². The third-order valence-electron chi connectivity index (χ3n) is 4.30. The molecule has 0 radical (unpaired) electrons. The van der Waals surface area contributed by atoms with Crippen LogP contribution in [0.15, 0.2) is 42.5 Å². The highest BCUT2D eigenvalue weighted by molar-refractivity contribution is 5.94. The zero-order valence-electron chi connectivity index (χ0n) is 15.2. The molecule has 5 heteroatoms. The van der Waals surface area contributed by atoms with E-state index in [9.17, 15) is 4.79 Å². The molecule has 0 bridgehead atoms. The molecular weight excluding hydrogens is 328 g/mol. The first-order valence-corrected chi connectivity index (χ1v) is 9.22. The minimum Gasteiger partial charge on any atom is -0.486 e. The lowest BCUT2D eigenvalue weighted by molar-refractivity contribution is 0.0953. The molecule has 0 fully saturated rings. The van der Waals surface area contributed by atoms with Crippen LogP contribution >= 0.6 is 0 Å². The number of nitrogens with one attached hydrogen (secondary N) is 2. The second-order valence-corrected chi connectivity index (χ2v) is 6.39. The van der Waals surface area contributed by atoms with E-state index in [1.807, 2.05) is 42.5 Å². The predicted octanol–water partition coefficient (Wildman–Crippen LogP) is 3.28. The molecule has 2 N–H and O–H groups in total. The largest absolute Gasteiger partial charge is 0.486 e. The Labute approximate surface area is 154 Å². The van der Waals surface area contributed by atoms with Gasteiger partial charge in [0.1, 0.15) is 13.2 Å². The summed E-state index contributed by atoms with van der Waals surface area (Å²) >= 11 is 0. The summed E-state index contributed by atoms with van der Waals surface area (Å²) in [7, 11) is 0. The van der Waals surface area contributed by atoms with Gasteiger partial charge in [-0.1, -0.05) is 31.5 Å². The van der Waals surface area contributed by atoms with Crippen LogP contribution in [0.25, 0.3) is 0 Å². The van der Waals surface area contributed by atoms with E-state index in [0.717, 1.165) is 55.1 Å². The molecule has 0 atom stereocenters. The maximum Gasteiger partial charge on any atom is 0.251 e. The number of benzene rings is 2. The molecule has 0 unspecified atom stereocenters. The first-order chi connectivity index (χ1) is 12.8. The summed E-state index contributed by atoms with van der Waals surface area (Å²) in [6.45, 7) is 5.54. The lowest BCUT2D eigenvalue weighted by Crippen LogP contribution is -2.24. The fraction of sp³-hybridized carbons (Fsp3) is 0.381. The molecular formula is C21H26N2O3. The van der Waals surface area contributed by atoms with E-state index in [1.54, 1.807) is 0 Å². The average Bonchev–Trinajstić information content (AvgIpc) is 2.68. The number of fused-ring (bicyclic) bond motifs is 1. The van der Waals surface area contributed by atoms with Gasteiger partial charge in [0, 0.05) is 25.2 Å². The smallest absolute Gasteiger partial charge is 0.251 e. The molecule has 138 valence electrons. The molecule has 5 nitrogen and oxygen atoms in total. The minimum absolute atomic E-state index is 0.00534. The molecule has 0 saturated carbocycles. The van der Waals surface area contributed by atoms with E-state index in [2.05, 4.69) is 17.6 Å². The zero-order valence-corrected chi connectivity index (χ0v) is 15.2. The molecule has 0 aliphatic carbocycles. The van der Waals surface area contributed by atoms with Crippen LogP contribution in [0.3, 0.4) is 0 Å². The Kier molecular flexibility index (Phi) is 6.50. The van der Waals surface area contributed by atoms with Crippen molar-refractivity contribution in [2.75, 3.05) is 19.8 Å². The monoisotopic (exact) mass is 354 g/mol. The van der Waals surface area contributed by atoms with Gasteiger partial charge < -0.3 is 20.1 Å². The van der Waals surface area contributed by atoms with E-state index in [0.29, 0.717) is 18.8 Å². The molecule has 0 aromatic heterocycles. The molecule has 2 aromatic carbocycles. The van der Waals surface area contributed by atoms with Crippen LogP contribution in [-0.2, 0) is 13.1 Å². The van der Waals surface area contributed by atoms with E-state index >= 15 is 0 Å². The van der Waals surface area contributed by atoms with Gasteiger partial charge in [-0.15, -0.1) is 0 Å². The van der Waals surface area contributed by atoms with Gasteiger partial charge >= 0.3 is 0 Å². The Morgan fingerprint density at radius 2 is 1.65 bits per heavy atom. The lowest BCUT2D eigenvalue weighted by atomic mass is 10.1. The van der Waals surface area contributed by atoms with Crippen LogP contribution in [0.1, 0.15) is 41.3 Å². The molecule has 0 spiro atoms. The van der Waals surface area contributed by atoms with E-state index in [1.165, 1.54) is 0 Å². The van der Waals surface area contributed by atoms with E-state index in [4.69, 9.17) is 9.47 Å². The topological polar surface area (TPSA) is 59.6 Å². The Morgan fingerprint density at radius 3 is 2.42 bits per heavy atom. The van der Waals surface area contributed by atoms with Gasteiger partial charge in [-0.05, 0) is 41.8 Å². The normalized spacial score (nSPS) is 12.7. The summed E-state index contributed by atoms with van der Waals surface area (Å²) in [6, 6.07) is 13.8. The van der Waals surface area contributed by atoms with Crippen molar-refractivity contribution in [2.45, 2.75) is 32.9 Å². The van der Waals surface area contributed by atoms with Crippen molar-refractivity contribution in [1.29, 1.82) is 0 Å². The van der Waals surface area contributed by atoms with Gasteiger partial charge in [0.25, 0.3) is 5.91 Å². The lowest BCUT2D eigenvalue weighted by Gasteiger charge is -2.19. The maximum absolute atomic E-state index is 12.0. The third-order valence-corrected chi connectivity index (χ3v) is 4.30. The van der Waals surface area contributed by atoms with Crippen molar-refractivity contribution in [3.63, 3.8) is 0 Å². The highest BCUT2D eigenvalue weighted by atomic mass is 16.6. The molecule has 1 heterocycles. The first kappa shape index (κ1) is 18.3. The van der Waals surface area contributed by atoms with E-state index in [-0.39, 0.29) is 5.91 Å². The van der Waals surface area contributed by atoms with Crippen molar-refractivity contribution in [3.05, 3.63) is 59.2 Å². The number of ether oxygens (including phenoxy) is 2. The molecule has 2 aromatic rings.